The number of nitrogens with zero attached hydrogens (tertiary/aromatic N) is 1. The van der Waals surface area contributed by atoms with Crippen molar-refractivity contribution in [3.05, 3.63) is 32.9 Å². The molecule has 36 heavy (non-hydrogen) atoms. The van der Waals surface area contributed by atoms with Crippen LogP contribution in [0, 0.1) is 15.4 Å². The van der Waals surface area contributed by atoms with Gasteiger partial charge in [0, 0.05) is 31.0 Å². The van der Waals surface area contributed by atoms with E-state index in [1.54, 1.807) is 23.1 Å². The summed E-state index contributed by atoms with van der Waals surface area (Å²) in [6.45, 7) is 0.332. The lowest BCUT2D eigenvalue weighted by Crippen LogP contribution is -2.57. The minimum absolute atomic E-state index is 0.0278. The first-order chi connectivity index (χ1) is 17.4. The summed E-state index contributed by atoms with van der Waals surface area (Å²) in [6.07, 6.45) is 4.71. The van der Waals surface area contributed by atoms with Crippen molar-refractivity contribution in [1.82, 2.24) is 10.2 Å². The summed E-state index contributed by atoms with van der Waals surface area (Å²) in [5, 5.41) is 32.9. The van der Waals surface area contributed by atoms with Gasteiger partial charge in [-0.1, -0.05) is 6.42 Å². The molecule has 3 aliphatic carbocycles. The van der Waals surface area contributed by atoms with Crippen LogP contribution in [0.15, 0.2) is 23.8 Å². The van der Waals surface area contributed by atoms with E-state index in [9.17, 15) is 19.8 Å². The van der Waals surface area contributed by atoms with Crippen molar-refractivity contribution < 1.29 is 34.4 Å². The monoisotopic (exact) mass is 614 g/mol. The Morgan fingerprint density at radius 3 is 2.53 bits per heavy atom. The second-order valence-electron chi connectivity index (χ2n) is 9.84. The molecular weight excluding hydrogens is 579 g/mol. The van der Waals surface area contributed by atoms with Gasteiger partial charge in [0.2, 0.25) is 11.8 Å². The van der Waals surface area contributed by atoms with E-state index in [0.29, 0.717) is 38.7 Å². The zero-order chi connectivity index (χ0) is 25.8. The Labute approximate surface area is 225 Å². The topological polar surface area (TPSA) is 129 Å². The lowest BCUT2D eigenvalue weighted by molar-refractivity contribution is -0.145. The fourth-order valence-corrected chi connectivity index (χ4v) is 5.54. The van der Waals surface area contributed by atoms with Gasteiger partial charge in [0.1, 0.15) is 12.2 Å². The molecule has 0 bridgehead atoms. The molecule has 198 valence electrons. The first-order valence-electron chi connectivity index (χ1n) is 12.6. The van der Waals surface area contributed by atoms with Crippen LogP contribution in [0.2, 0.25) is 0 Å². The van der Waals surface area contributed by atoms with Crippen molar-refractivity contribution >= 4 is 34.4 Å². The molecule has 3 atom stereocenters. The minimum atomic E-state index is -1.06. The number of hydrogen-bond acceptors (Lipinski definition) is 7. The number of carbonyl (C=O) groups is 2. The van der Waals surface area contributed by atoms with E-state index in [1.807, 2.05) is 0 Å². The largest absolute Gasteiger partial charge is 0.493 e. The van der Waals surface area contributed by atoms with Crippen LogP contribution in [0.1, 0.15) is 44.1 Å². The highest BCUT2D eigenvalue weighted by Crippen LogP contribution is 2.39. The molecular formula is C26H35IN2O7. The minimum Gasteiger partial charge on any atom is -0.493 e. The Balaban J connectivity index is 1.66. The molecule has 4 N–H and O–H groups in total. The van der Waals surface area contributed by atoms with Gasteiger partial charge in [0.15, 0.2) is 11.5 Å². The normalized spacial score (nSPS) is 23.9. The van der Waals surface area contributed by atoms with Crippen LogP contribution in [-0.2, 0) is 16.2 Å². The van der Waals surface area contributed by atoms with Gasteiger partial charge >= 0.3 is 0 Å². The third-order valence-electron chi connectivity index (χ3n) is 7.23. The average Bonchev–Trinajstić information content (AvgIpc) is 3.66. The molecule has 3 aliphatic rings. The van der Waals surface area contributed by atoms with Crippen molar-refractivity contribution in [2.24, 2.45) is 11.8 Å². The predicted octanol–water partition coefficient (Wildman–Crippen LogP) is 1.75. The number of benzene rings is 1. The SMILES string of the molecule is COc1cc(CO)cc(I)c1O[C@H]1C=C(C(=O)NCCO)C[C@@H](N(CC2CC2)C(=O)C2CCC2)[C@@H]1O. The number of aliphatic hydroxyl groups excluding tert-OH is 3. The number of nitrogens with one attached hydrogen (secondary N) is 1. The second-order valence-corrected chi connectivity index (χ2v) is 11.0. The maximum absolute atomic E-state index is 13.4. The highest BCUT2D eigenvalue weighted by atomic mass is 127. The smallest absolute Gasteiger partial charge is 0.247 e. The van der Waals surface area contributed by atoms with E-state index >= 15 is 0 Å². The van der Waals surface area contributed by atoms with Crippen LogP contribution in [0.4, 0.5) is 0 Å². The van der Waals surface area contributed by atoms with E-state index in [2.05, 4.69) is 27.9 Å². The lowest BCUT2D eigenvalue weighted by atomic mass is 9.82. The molecule has 0 aromatic heterocycles. The number of rotatable bonds is 11. The highest BCUT2D eigenvalue weighted by molar-refractivity contribution is 14.1. The van der Waals surface area contributed by atoms with E-state index in [-0.39, 0.29) is 43.9 Å². The molecule has 0 heterocycles. The van der Waals surface area contributed by atoms with E-state index in [1.165, 1.54) is 7.11 Å². The fourth-order valence-electron chi connectivity index (χ4n) is 4.75. The molecule has 4 rings (SSSR count). The van der Waals surface area contributed by atoms with Gasteiger partial charge in [-0.15, -0.1) is 0 Å². The Morgan fingerprint density at radius 1 is 1.19 bits per heavy atom. The Hall–Kier alpha value is -1.89. The molecule has 0 radical (unpaired) electrons. The number of hydrogen-bond donors (Lipinski definition) is 4. The Bertz CT molecular complexity index is 993. The van der Waals surface area contributed by atoms with Crippen molar-refractivity contribution in [2.45, 2.75) is 63.4 Å². The average molecular weight is 614 g/mol. The van der Waals surface area contributed by atoms with Crippen LogP contribution in [0.3, 0.4) is 0 Å². The Kier molecular flexibility index (Phi) is 9.13. The van der Waals surface area contributed by atoms with E-state index < -0.39 is 18.2 Å². The van der Waals surface area contributed by atoms with Gasteiger partial charge < -0.3 is 35.0 Å². The van der Waals surface area contributed by atoms with E-state index in [4.69, 9.17) is 14.6 Å². The molecule has 1 aromatic carbocycles. The maximum atomic E-state index is 13.4. The number of halogens is 1. The number of amides is 2. The zero-order valence-corrected chi connectivity index (χ0v) is 22.6. The number of aliphatic hydroxyl groups is 3. The summed E-state index contributed by atoms with van der Waals surface area (Å²) in [6, 6.07) is 2.83. The van der Waals surface area contributed by atoms with Gasteiger partial charge in [0.05, 0.1) is 29.9 Å². The standard InChI is InChI=1S/C26H35IN2O7/c1-35-22-10-16(14-31)9-19(27)24(22)36-21-12-18(25(33)28-7-8-30)11-20(23(21)32)29(13-15-5-6-15)26(34)17-3-2-4-17/h9-10,12,15,17,20-21,23,30-32H,2-8,11,13-14H2,1H3,(H,28,33)/t20-,21+,23+/m1/s1. The summed E-state index contributed by atoms with van der Waals surface area (Å²) in [5.74, 6) is 0.887. The summed E-state index contributed by atoms with van der Waals surface area (Å²) in [7, 11) is 1.50. The summed E-state index contributed by atoms with van der Waals surface area (Å²) >= 11 is 2.08. The van der Waals surface area contributed by atoms with Gasteiger partial charge in [0.25, 0.3) is 0 Å². The molecule has 0 unspecified atom stereocenters. The van der Waals surface area contributed by atoms with Crippen LogP contribution < -0.4 is 14.8 Å². The van der Waals surface area contributed by atoms with E-state index in [0.717, 1.165) is 32.1 Å². The fraction of sp³-hybridized carbons (Fsp3) is 0.615. The third kappa shape index (κ3) is 6.15. The summed E-state index contributed by atoms with van der Waals surface area (Å²) in [5.41, 5.74) is 1.07. The van der Waals surface area contributed by atoms with Crippen molar-refractivity contribution in [3.63, 3.8) is 0 Å². The van der Waals surface area contributed by atoms with Gasteiger partial charge in [-0.25, -0.2) is 0 Å². The molecule has 0 spiro atoms. The molecule has 2 amide bonds. The molecule has 0 saturated heterocycles. The third-order valence-corrected chi connectivity index (χ3v) is 8.03. The number of carbonyl (C=O) groups excluding carboxylic acids is 2. The van der Waals surface area contributed by atoms with Gasteiger partial charge in [-0.2, -0.15) is 0 Å². The van der Waals surface area contributed by atoms with Crippen LogP contribution >= 0.6 is 22.6 Å². The first kappa shape index (κ1) is 27.2. The number of ether oxygens (including phenoxy) is 2. The van der Waals surface area contributed by atoms with Gasteiger partial charge in [-0.05, 0) is 78.0 Å². The van der Waals surface area contributed by atoms with Crippen molar-refractivity contribution in [1.29, 1.82) is 0 Å². The van der Waals surface area contributed by atoms with Gasteiger partial charge in [-0.3, -0.25) is 9.59 Å². The van der Waals surface area contributed by atoms with Crippen molar-refractivity contribution in [2.75, 3.05) is 26.8 Å². The summed E-state index contributed by atoms with van der Waals surface area (Å²) in [4.78, 5) is 28.2. The zero-order valence-electron chi connectivity index (χ0n) is 20.5. The molecule has 0 aliphatic heterocycles. The predicted molar refractivity (Wildman–Crippen MR) is 140 cm³/mol. The lowest BCUT2D eigenvalue weighted by Gasteiger charge is -2.43. The van der Waals surface area contributed by atoms with Crippen LogP contribution in [0.5, 0.6) is 11.5 Å². The maximum Gasteiger partial charge on any atom is 0.247 e. The molecule has 10 heteroatoms. The first-order valence-corrected chi connectivity index (χ1v) is 13.7. The highest BCUT2D eigenvalue weighted by Gasteiger charge is 2.44. The molecule has 1 aromatic rings. The quantitative estimate of drug-likeness (QED) is 0.280. The summed E-state index contributed by atoms with van der Waals surface area (Å²) < 4.78 is 12.4. The molecule has 2 saturated carbocycles. The second kappa shape index (κ2) is 12.1. The Morgan fingerprint density at radius 2 is 1.94 bits per heavy atom. The van der Waals surface area contributed by atoms with Crippen LogP contribution in [0.25, 0.3) is 0 Å². The van der Waals surface area contributed by atoms with Crippen molar-refractivity contribution in [3.8, 4) is 11.5 Å². The van der Waals surface area contributed by atoms with Crippen LogP contribution in [-0.4, -0.2) is 77.1 Å². The molecule has 9 nitrogen and oxygen atoms in total. The molecule has 2 fully saturated rings. The number of methoxy groups -OCH3 is 1.